The molecule has 4 aromatic rings. The van der Waals surface area contributed by atoms with Crippen LogP contribution in [0.4, 0.5) is 0 Å². The SMILES string of the molecule is COc1ccc(C(=O)Cn2cnc3sc(C)c(-c4ccccc4)c3c2=O)cc1. The van der Waals surface area contributed by atoms with Gasteiger partial charge in [-0.3, -0.25) is 14.2 Å². The number of Topliss-reactive ketones (excluding diaryl/α,β-unsaturated/α-hetero) is 1. The molecular formula is C22H18N2O3S. The summed E-state index contributed by atoms with van der Waals surface area (Å²) in [5.74, 6) is 0.525. The highest BCUT2D eigenvalue weighted by molar-refractivity contribution is 7.19. The van der Waals surface area contributed by atoms with E-state index in [9.17, 15) is 9.59 Å². The molecule has 28 heavy (non-hydrogen) atoms. The molecule has 0 aliphatic rings. The Labute approximate surface area is 165 Å². The molecule has 6 heteroatoms. The van der Waals surface area contributed by atoms with E-state index in [4.69, 9.17) is 4.74 Å². The zero-order chi connectivity index (χ0) is 19.7. The largest absolute Gasteiger partial charge is 0.497 e. The van der Waals surface area contributed by atoms with E-state index in [1.165, 1.54) is 22.2 Å². The smallest absolute Gasteiger partial charge is 0.263 e. The van der Waals surface area contributed by atoms with Gasteiger partial charge >= 0.3 is 0 Å². The van der Waals surface area contributed by atoms with Crippen LogP contribution in [0.3, 0.4) is 0 Å². The standard InChI is InChI=1S/C22H18N2O3S/c1-14-19(16-6-4-3-5-7-16)20-21(28-14)23-13-24(22(20)26)12-18(25)15-8-10-17(27-2)11-9-15/h3-11,13H,12H2,1-2H3. The topological polar surface area (TPSA) is 61.2 Å². The summed E-state index contributed by atoms with van der Waals surface area (Å²) in [6.45, 7) is 1.93. The first-order chi connectivity index (χ1) is 13.6. The van der Waals surface area contributed by atoms with Crippen LogP contribution in [0, 0.1) is 6.92 Å². The highest BCUT2D eigenvalue weighted by Gasteiger charge is 2.18. The summed E-state index contributed by atoms with van der Waals surface area (Å²) >= 11 is 1.49. The Balaban J connectivity index is 1.75. The second-order valence-electron chi connectivity index (χ2n) is 6.41. The molecule has 0 unspecified atom stereocenters. The first-order valence-corrected chi connectivity index (χ1v) is 9.61. The molecule has 5 nitrogen and oxygen atoms in total. The monoisotopic (exact) mass is 390 g/mol. The van der Waals surface area contributed by atoms with Crippen molar-refractivity contribution in [3.8, 4) is 16.9 Å². The van der Waals surface area contributed by atoms with Crippen LogP contribution in [-0.4, -0.2) is 22.4 Å². The fourth-order valence-electron chi connectivity index (χ4n) is 3.23. The van der Waals surface area contributed by atoms with Gasteiger partial charge in [-0.1, -0.05) is 30.3 Å². The summed E-state index contributed by atoms with van der Waals surface area (Å²) in [5.41, 5.74) is 2.20. The molecule has 0 aliphatic carbocycles. The Morgan fingerprint density at radius 2 is 1.82 bits per heavy atom. The minimum Gasteiger partial charge on any atom is -0.497 e. The molecule has 140 valence electrons. The number of aromatic nitrogens is 2. The predicted molar refractivity (Wildman–Crippen MR) is 111 cm³/mol. The van der Waals surface area contributed by atoms with Crippen LogP contribution in [0.1, 0.15) is 15.2 Å². The van der Waals surface area contributed by atoms with E-state index in [1.807, 2.05) is 37.3 Å². The number of fused-ring (bicyclic) bond motifs is 1. The second-order valence-corrected chi connectivity index (χ2v) is 7.61. The number of carbonyl (C=O) groups excluding carboxylic acids is 1. The van der Waals surface area contributed by atoms with Crippen molar-refractivity contribution in [2.75, 3.05) is 7.11 Å². The molecule has 0 bridgehead atoms. The number of thiophene rings is 1. The van der Waals surface area contributed by atoms with Gasteiger partial charge in [0, 0.05) is 16.0 Å². The molecule has 0 amide bonds. The lowest BCUT2D eigenvalue weighted by Crippen LogP contribution is -2.24. The van der Waals surface area contributed by atoms with Crippen molar-refractivity contribution in [3.63, 3.8) is 0 Å². The lowest BCUT2D eigenvalue weighted by atomic mass is 10.0. The third-order valence-corrected chi connectivity index (χ3v) is 5.66. The summed E-state index contributed by atoms with van der Waals surface area (Å²) in [5, 5.41) is 0.568. The number of methoxy groups -OCH3 is 1. The van der Waals surface area contributed by atoms with E-state index in [1.54, 1.807) is 31.4 Å². The van der Waals surface area contributed by atoms with Gasteiger partial charge in [-0.05, 0) is 36.8 Å². The lowest BCUT2D eigenvalue weighted by Gasteiger charge is -2.07. The zero-order valence-corrected chi connectivity index (χ0v) is 16.3. The molecule has 0 radical (unpaired) electrons. The Kier molecular flexibility index (Phi) is 4.79. The molecule has 2 aromatic heterocycles. The Morgan fingerprint density at radius 3 is 2.50 bits per heavy atom. The molecule has 0 aliphatic heterocycles. The fraction of sp³-hybridized carbons (Fsp3) is 0.136. The highest BCUT2D eigenvalue weighted by atomic mass is 32.1. The average molecular weight is 390 g/mol. The van der Waals surface area contributed by atoms with Crippen LogP contribution in [0.25, 0.3) is 21.3 Å². The summed E-state index contributed by atoms with van der Waals surface area (Å²) in [6.07, 6.45) is 1.46. The zero-order valence-electron chi connectivity index (χ0n) is 15.5. The van der Waals surface area contributed by atoms with E-state index in [2.05, 4.69) is 4.98 Å². The van der Waals surface area contributed by atoms with Gasteiger partial charge in [0.25, 0.3) is 5.56 Å². The number of ether oxygens (including phenoxy) is 1. The van der Waals surface area contributed by atoms with Crippen molar-refractivity contribution < 1.29 is 9.53 Å². The maximum absolute atomic E-state index is 13.2. The van der Waals surface area contributed by atoms with Crippen LogP contribution < -0.4 is 10.3 Å². The van der Waals surface area contributed by atoms with Gasteiger partial charge in [-0.25, -0.2) is 4.98 Å². The van der Waals surface area contributed by atoms with Gasteiger partial charge in [0.05, 0.1) is 25.4 Å². The number of nitrogens with zero attached hydrogens (tertiary/aromatic N) is 2. The molecule has 2 aromatic carbocycles. The van der Waals surface area contributed by atoms with Gasteiger partial charge < -0.3 is 4.74 Å². The van der Waals surface area contributed by atoms with Crippen molar-refractivity contribution in [2.45, 2.75) is 13.5 Å². The number of benzene rings is 2. The quantitative estimate of drug-likeness (QED) is 0.476. The molecule has 0 N–H and O–H groups in total. The summed E-state index contributed by atoms with van der Waals surface area (Å²) in [7, 11) is 1.57. The van der Waals surface area contributed by atoms with E-state index < -0.39 is 0 Å². The molecule has 0 fully saturated rings. The Bertz CT molecular complexity index is 1210. The number of hydrogen-bond donors (Lipinski definition) is 0. The first kappa shape index (κ1) is 18.1. The summed E-state index contributed by atoms with van der Waals surface area (Å²) in [4.78, 5) is 32.0. The van der Waals surface area contributed by atoms with Gasteiger partial charge in [-0.2, -0.15) is 0 Å². The molecule has 0 saturated heterocycles. The van der Waals surface area contributed by atoms with Crippen molar-refractivity contribution in [1.82, 2.24) is 9.55 Å². The van der Waals surface area contributed by atoms with Crippen molar-refractivity contribution in [3.05, 3.63) is 81.7 Å². The van der Waals surface area contributed by atoms with E-state index in [-0.39, 0.29) is 17.9 Å². The first-order valence-electron chi connectivity index (χ1n) is 8.79. The van der Waals surface area contributed by atoms with Crippen LogP contribution >= 0.6 is 11.3 Å². The Morgan fingerprint density at radius 1 is 1.11 bits per heavy atom. The van der Waals surface area contributed by atoms with Crippen molar-refractivity contribution >= 4 is 27.3 Å². The van der Waals surface area contributed by atoms with Gasteiger partial charge in [0.15, 0.2) is 5.78 Å². The van der Waals surface area contributed by atoms with Crippen LogP contribution in [0.2, 0.25) is 0 Å². The third kappa shape index (κ3) is 3.23. The van der Waals surface area contributed by atoms with E-state index in [0.717, 1.165) is 16.0 Å². The van der Waals surface area contributed by atoms with Gasteiger partial charge in [0.1, 0.15) is 10.6 Å². The normalized spacial score (nSPS) is 10.9. The van der Waals surface area contributed by atoms with E-state index >= 15 is 0 Å². The average Bonchev–Trinajstić information content (AvgIpc) is 3.07. The molecule has 0 atom stereocenters. The van der Waals surface area contributed by atoms with Gasteiger partial charge in [-0.15, -0.1) is 11.3 Å². The number of aryl methyl sites for hydroxylation is 1. The number of carbonyl (C=O) groups is 1. The fourth-order valence-corrected chi connectivity index (χ4v) is 4.23. The third-order valence-electron chi connectivity index (χ3n) is 4.64. The predicted octanol–water partition coefficient (Wildman–Crippen LogP) is 4.32. The molecule has 0 spiro atoms. The van der Waals surface area contributed by atoms with Gasteiger partial charge in [0.2, 0.25) is 0 Å². The van der Waals surface area contributed by atoms with E-state index in [0.29, 0.717) is 21.5 Å². The maximum Gasteiger partial charge on any atom is 0.263 e. The molecule has 4 rings (SSSR count). The minimum atomic E-state index is -0.199. The molecule has 2 heterocycles. The summed E-state index contributed by atoms with van der Waals surface area (Å²) < 4.78 is 6.50. The maximum atomic E-state index is 13.2. The van der Waals surface area contributed by atoms with Crippen LogP contribution in [-0.2, 0) is 6.54 Å². The Hall–Kier alpha value is -3.25. The number of rotatable bonds is 5. The minimum absolute atomic E-state index is 0.0583. The lowest BCUT2D eigenvalue weighted by molar-refractivity contribution is 0.0970. The second kappa shape index (κ2) is 7.40. The van der Waals surface area contributed by atoms with Crippen LogP contribution in [0.5, 0.6) is 5.75 Å². The van der Waals surface area contributed by atoms with Crippen LogP contribution in [0.15, 0.2) is 65.7 Å². The van der Waals surface area contributed by atoms with Crippen molar-refractivity contribution in [2.24, 2.45) is 0 Å². The highest BCUT2D eigenvalue weighted by Crippen LogP contribution is 2.35. The number of hydrogen-bond acceptors (Lipinski definition) is 5. The molecule has 0 saturated carbocycles. The summed E-state index contributed by atoms with van der Waals surface area (Å²) in [6, 6.07) is 16.6. The number of ketones is 1. The van der Waals surface area contributed by atoms with Crippen molar-refractivity contribution in [1.29, 1.82) is 0 Å². The molecular weight excluding hydrogens is 372 g/mol.